The highest BCUT2D eigenvalue weighted by molar-refractivity contribution is 5.69. The summed E-state index contributed by atoms with van der Waals surface area (Å²) in [4.78, 5) is 10.4. The molecule has 4 nitrogen and oxygen atoms in total. The molecular formula is C8H12N2O2. The average Bonchev–Trinajstić information content (AvgIpc) is 2.37. The van der Waals surface area contributed by atoms with Crippen LogP contribution < -0.4 is 0 Å². The second-order valence-corrected chi connectivity index (χ2v) is 2.62. The normalized spacial score (nSPS) is 10.1. The van der Waals surface area contributed by atoms with Gasteiger partial charge in [-0.1, -0.05) is 6.92 Å². The van der Waals surface area contributed by atoms with Crippen LogP contribution in [0.4, 0.5) is 0 Å². The van der Waals surface area contributed by atoms with Crippen LogP contribution in [0.3, 0.4) is 0 Å². The maximum atomic E-state index is 10.4. The van der Waals surface area contributed by atoms with Crippen LogP contribution in [0, 0.1) is 0 Å². The lowest BCUT2D eigenvalue weighted by Crippen LogP contribution is -2.09. The zero-order valence-electron chi connectivity index (χ0n) is 7.03. The van der Waals surface area contributed by atoms with Crippen LogP contribution in [0.25, 0.3) is 0 Å². The second kappa shape index (κ2) is 3.90. The van der Waals surface area contributed by atoms with Crippen molar-refractivity contribution >= 4 is 5.97 Å². The number of hydrogen-bond donors (Lipinski definition) is 1. The van der Waals surface area contributed by atoms with Crippen LogP contribution in [-0.4, -0.2) is 20.9 Å². The first-order valence-electron chi connectivity index (χ1n) is 3.96. The van der Waals surface area contributed by atoms with E-state index in [1.807, 2.05) is 6.92 Å². The van der Waals surface area contributed by atoms with Crippen molar-refractivity contribution in [1.82, 2.24) is 9.78 Å². The Hall–Kier alpha value is -1.32. The number of carbonyl (C=O) groups is 1. The molecule has 0 unspecified atom stereocenters. The Labute approximate surface area is 70.8 Å². The Morgan fingerprint density at radius 1 is 1.75 bits per heavy atom. The van der Waals surface area contributed by atoms with Gasteiger partial charge in [0.05, 0.1) is 6.42 Å². The van der Waals surface area contributed by atoms with Crippen LogP contribution >= 0.6 is 0 Å². The zero-order valence-corrected chi connectivity index (χ0v) is 7.03. The van der Waals surface area contributed by atoms with E-state index >= 15 is 0 Å². The Morgan fingerprint density at radius 2 is 2.50 bits per heavy atom. The average molecular weight is 168 g/mol. The number of aromatic nitrogens is 2. The third-order valence-electron chi connectivity index (χ3n) is 1.57. The highest BCUT2D eigenvalue weighted by Crippen LogP contribution is 2.00. The SMILES string of the molecule is CCCn1nccc1CC(=O)O. The standard InChI is InChI=1S/C8H12N2O2/c1-2-5-10-7(3-4-9-10)6-8(11)12/h3-4H,2,5-6H2,1H3,(H,11,12). The first-order chi connectivity index (χ1) is 5.74. The van der Waals surface area contributed by atoms with Gasteiger partial charge in [0.2, 0.25) is 0 Å². The molecule has 0 bridgehead atoms. The number of aryl methyl sites for hydroxylation is 1. The summed E-state index contributed by atoms with van der Waals surface area (Å²) < 4.78 is 1.73. The summed E-state index contributed by atoms with van der Waals surface area (Å²) in [5.41, 5.74) is 0.768. The van der Waals surface area contributed by atoms with Crippen molar-refractivity contribution in [2.24, 2.45) is 0 Å². The summed E-state index contributed by atoms with van der Waals surface area (Å²) in [7, 11) is 0. The van der Waals surface area contributed by atoms with Gasteiger partial charge in [0.15, 0.2) is 0 Å². The van der Waals surface area contributed by atoms with E-state index in [0.29, 0.717) is 0 Å². The molecule has 0 saturated heterocycles. The van der Waals surface area contributed by atoms with E-state index in [-0.39, 0.29) is 6.42 Å². The highest BCUT2D eigenvalue weighted by Gasteiger charge is 2.05. The van der Waals surface area contributed by atoms with E-state index in [0.717, 1.165) is 18.7 Å². The van der Waals surface area contributed by atoms with Crippen molar-refractivity contribution in [2.45, 2.75) is 26.3 Å². The molecule has 0 fully saturated rings. The molecular weight excluding hydrogens is 156 g/mol. The Kier molecular flexibility index (Phi) is 2.85. The molecule has 0 atom stereocenters. The molecule has 0 aliphatic rings. The Balaban J connectivity index is 2.69. The van der Waals surface area contributed by atoms with E-state index in [2.05, 4.69) is 5.10 Å². The van der Waals surface area contributed by atoms with Crippen LogP contribution in [0.1, 0.15) is 19.0 Å². The van der Waals surface area contributed by atoms with Crippen molar-refractivity contribution in [3.8, 4) is 0 Å². The molecule has 0 radical (unpaired) electrons. The molecule has 1 N–H and O–H groups in total. The van der Waals surface area contributed by atoms with Gasteiger partial charge in [-0.3, -0.25) is 9.48 Å². The molecule has 12 heavy (non-hydrogen) atoms. The Bertz CT molecular complexity index is 268. The molecule has 0 saturated carbocycles. The molecule has 0 amide bonds. The highest BCUT2D eigenvalue weighted by atomic mass is 16.4. The molecule has 0 aliphatic heterocycles. The van der Waals surface area contributed by atoms with Gasteiger partial charge in [0.1, 0.15) is 0 Å². The number of aliphatic carboxylic acids is 1. The third kappa shape index (κ3) is 2.08. The van der Waals surface area contributed by atoms with Gasteiger partial charge in [0.25, 0.3) is 0 Å². The monoisotopic (exact) mass is 168 g/mol. The molecule has 4 heteroatoms. The molecule has 1 heterocycles. The molecule has 0 spiro atoms. The fourth-order valence-corrected chi connectivity index (χ4v) is 1.08. The van der Waals surface area contributed by atoms with Crippen molar-refractivity contribution in [2.75, 3.05) is 0 Å². The van der Waals surface area contributed by atoms with Gasteiger partial charge in [0, 0.05) is 18.4 Å². The maximum absolute atomic E-state index is 10.4. The molecule has 1 rings (SSSR count). The van der Waals surface area contributed by atoms with Crippen molar-refractivity contribution in [3.63, 3.8) is 0 Å². The topological polar surface area (TPSA) is 55.1 Å². The molecule has 1 aromatic rings. The number of carboxylic acids is 1. The zero-order chi connectivity index (χ0) is 8.97. The minimum Gasteiger partial charge on any atom is -0.481 e. The van der Waals surface area contributed by atoms with E-state index in [9.17, 15) is 4.79 Å². The van der Waals surface area contributed by atoms with Crippen LogP contribution in [0.5, 0.6) is 0 Å². The van der Waals surface area contributed by atoms with Crippen LogP contribution in [0.2, 0.25) is 0 Å². The van der Waals surface area contributed by atoms with Gasteiger partial charge >= 0.3 is 5.97 Å². The molecule has 0 aliphatic carbocycles. The summed E-state index contributed by atoms with van der Waals surface area (Å²) in [5.74, 6) is -0.812. The fourth-order valence-electron chi connectivity index (χ4n) is 1.08. The van der Waals surface area contributed by atoms with E-state index in [1.54, 1.807) is 16.9 Å². The van der Waals surface area contributed by atoms with Gasteiger partial charge in [-0.05, 0) is 12.5 Å². The number of nitrogens with zero attached hydrogens (tertiary/aromatic N) is 2. The maximum Gasteiger partial charge on any atom is 0.309 e. The predicted octanol–water partition coefficient (Wildman–Crippen LogP) is 0.920. The summed E-state index contributed by atoms with van der Waals surface area (Å²) in [6.07, 6.45) is 2.65. The van der Waals surface area contributed by atoms with Gasteiger partial charge in [-0.15, -0.1) is 0 Å². The lowest BCUT2D eigenvalue weighted by atomic mass is 10.3. The lowest BCUT2D eigenvalue weighted by Gasteiger charge is -2.02. The largest absolute Gasteiger partial charge is 0.481 e. The van der Waals surface area contributed by atoms with Crippen LogP contribution in [0.15, 0.2) is 12.3 Å². The number of hydrogen-bond acceptors (Lipinski definition) is 2. The van der Waals surface area contributed by atoms with Gasteiger partial charge in [-0.25, -0.2) is 0 Å². The fraction of sp³-hybridized carbons (Fsp3) is 0.500. The van der Waals surface area contributed by atoms with E-state index in [4.69, 9.17) is 5.11 Å². The van der Waals surface area contributed by atoms with Crippen molar-refractivity contribution < 1.29 is 9.90 Å². The van der Waals surface area contributed by atoms with E-state index in [1.165, 1.54) is 0 Å². The van der Waals surface area contributed by atoms with Gasteiger partial charge in [-0.2, -0.15) is 5.10 Å². The number of carboxylic acid groups (broad SMARTS) is 1. The van der Waals surface area contributed by atoms with Gasteiger partial charge < -0.3 is 5.11 Å². The molecule has 1 aromatic heterocycles. The molecule has 0 aromatic carbocycles. The second-order valence-electron chi connectivity index (χ2n) is 2.62. The summed E-state index contributed by atoms with van der Waals surface area (Å²) in [5, 5.41) is 12.5. The summed E-state index contributed by atoms with van der Waals surface area (Å²) in [6, 6.07) is 1.74. The minimum atomic E-state index is -0.812. The van der Waals surface area contributed by atoms with E-state index < -0.39 is 5.97 Å². The first-order valence-corrected chi connectivity index (χ1v) is 3.96. The smallest absolute Gasteiger partial charge is 0.309 e. The first kappa shape index (κ1) is 8.77. The third-order valence-corrected chi connectivity index (χ3v) is 1.57. The van der Waals surface area contributed by atoms with Crippen LogP contribution in [-0.2, 0) is 17.8 Å². The van der Waals surface area contributed by atoms with Crippen molar-refractivity contribution in [3.05, 3.63) is 18.0 Å². The lowest BCUT2D eigenvalue weighted by molar-refractivity contribution is -0.136. The quantitative estimate of drug-likeness (QED) is 0.727. The number of rotatable bonds is 4. The predicted molar refractivity (Wildman–Crippen MR) is 43.9 cm³/mol. The van der Waals surface area contributed by atoms with Crippen molar-refractivity contribution in [1.29, 1.82) is 0 Å². The summed E-state index contributed by atoms with van der Waals surface area (Å²) in [6.45, 7) is 2.82. The Morgan fingerprint density at radius 3 is 3.08 bits per heavy atom. The minimum absolute atomic E-state index is 0.0556. The summed E-state index contributed by atoms with van der Waals surface area (Å²) >= 11 is 0. The molecule has 66 valence electrons.